The molecular formula is C39H48ClF2N5O6. The van der Waals surface area contributed by atoms with Crippen LogP contribution in [-0.2, 0) is 28.8 Å². The van der Waals surface area contributed by atoms with Crippen LogP contribution < -0.4 is 16.0 Å². The molecule has 286 valence electrons. The van der Waals surface area contributed by atoms with Crippen molar-refractivity contribution in [3.05, 3.63) is 64.7 Å². The van der Waals surface area contributed by atoms with Crippen molar-refractivity contribution < 1.29 is 37.6 Å². The molecule has 1 spiro atoms. The minimum Gasteiger partial charge on any atom is -0.387 e. The average molecular weight is 756 g/mol. The first-order valence-corrected chi connectivity index (χ1v) is 18.7. The van der Waals surface area contributed by atoms with Gasteiger partial charge in [-0.25, -0.2) is 8.78 Å². The van der Waals surface area contributed by atoms with Crippen LogP contribution in [-0.4, -0.2) is 70.3 Å². The molecule has 2 aromatic rings. The zero-order chi connectivity index (χ0) is 38.5. The Morgan fingerprint density at radius 1 is 1.02 bits per heavy atom. The maximum atomic E-state index is 14.6. The van der Waals surface area contributed by atoms with Crippen molar-refractivity contribution in [2.24, 2.45) is 16.5 Å². The number of benzene rings is 2. The summed E-state index contributed by atoms with van der Waals surface area (Å²) in [6, 6.07) is 6.33. The number of halogens is 3. The third-order valence-electron chi connectivity index (χ3n) is 10.2. The fourth-order valence-corrected chi connectivity index (χ4v) is 7.58. The van der Waals surface area contributed by atoms with Gasteiger partial charge in [-0.3, -0.25) is 24.0 Å². The number of nitrogens with zero attached hydrogens (tertiary/aromatic N) is 2. The van der Waals surface area contributed by atoms with Gasteiger partial charge >= 0.3 is 0 Å². The van der Waals surface area contributed by atoms with Crippen molar-refractivity contribution in [3.63, 3.8) is 0 Å². The van der Waals surface area contributed by atoms with E-state index in [1.165, 1.54) is 4.90 Å². The molecule has 0 bridgehead atoms. The van der Waals surface area contributed by atoms with Crippen LogP contribution in [0.4, 0.5) is 14.5 Å². The lowest BCUT2D eigenvalue weighted by Crippen LogP contribution is -2.59. The molecule has 2 heterocycles. The van der Waals surface area contributed by atoms with E-state index in [-0.39, 0.29) is 43.3 Å². The van der Waals surface area contributed by atoms with E-state index < -0.39 is 64.3 Å². The number of ketones is 1. The Labute approximate surface area is 313 Å². The number of anilines is 1. The number of amides is 4. The lowest BCUT2D eigenvalue weighted by atomic mass is 9.84. The quantitative estimate of drug-likeness (QED) is 0.224. The van der Waals surface area contributed by atoms with Gasteiger partial charge < -0.3 is 25.7 Å². The standard InChI is InChI=1S/C39H48ClF2N5O6/c1-5-10-29(33(49)36(51)43-26-15-16-27(41)28(42)19-26)44-35(50)31-21-39(20-30(46-53-39)24-13-9-14-25(40)18-24)22-47(31)37(52)34(38(2,3)4)45-32(48)17-23-11-7-6-8-12-23/h9,13-16,18-19,23,29,31,34H,5-8,10-12,17,20-22H2,1-4H3,(H,43,51)(H,44,50)(H,45,48)/t29-,31-,34+,39+/m0/s1. The number of carbonyl (C=O) groups excluding carboxylic acids is 5. The summed E-state index contributed by atoms with van der Waals surface area (Å²) in [5.41, 5.74) is -0.664. The summed E-state index contributed by atoms with van der Waals surface area (Å²) in [6.45, 7) is 7.25. The number of carbonyl (C=O) groups is 5. The average Bonchev–Trinajstić information content (AvgIpc) is 3.71. The van der Waals surface area contributed by atoms with Crippen LogP contribution in [0.1, 0.15) is 97.5 Å². The number of rotatable bonds is 12. The maximum Gasteiger partial charge on any atom is 0.293 e. The first-order valence-electron chi connectivity index (χ1n) is 18.3. The molecule has 14 heteroatoms. The molecule has 1 saturated carbocycles. The molecule has 0 aromatic heterocycles. The topological polar surface area (TPSA) is 146 Å². The van der Waals surface area contributed by atoms with Crippen LogP contribution >= 0.6 is 11.6 Å². The third kappa shape index (κ3) is 9.78. The highest BCUT2D eigenvalue weighted by Crippen LogP contribution is 2.40. The monoisotopic (exact) mass is 755 g/mol. The molecule has 5 rings (SSSR count). The molecule has 0 unspecified atom stereocenters. The summed E-state index contributed by atoms with van der Waals surface area (Å²) in [7, 11) is 0. The van der Waals surface area contributed by atoms with Crippen LogP contribution in [0.2, 0.25) is 5.02 Å². The van der Waals surface area contributed by atoms with E-state index in [2.05, 4.69) is 21.1 Å². The van der Waals surface area contributed by atoms with E-state index in [0.717, 1.165) is 55.9 Å². The molecule has 0 radical (unpaired) electrons. The fraction of sp³-hybridized carbons (Fsp3) is 0.538. The van der Waals surface area contributed by atoms with E-state index >= 15 is 0 Å². The van der Waals surface area contributed by atoms with Gasteiger partial charge in [-0.05, 0) is 54.9 Å². The van der Waals surface area contributed by atoms with E-state index in [1.54, 1.807) is 25.1 Å². The zero-order valence-electron chi connectivity index (χ0n) is 30.6. The van der Waals surface area contributed by atoms with Gasteiger partial charge in [0.05, 0.1) is 18.3 Å². The molecule has 3 aliphatic rings. The molecule has 2 fully saturated rings. The summed E-state index contributed by atoms with van der Waals surface area (Å²) < 4.78 is 27.2. The van der Waals surface area contributed by atoms with Crippen molar-refractivity contribution in [1.82, 2.24) is 15.5 Å². The Kier molecular flexibility index (Phi) is 12.6. The molecule has 1 saturated heterocycles. The number of oxime groups is 1. The predicted molar refractivity (Wildman–Crippen MR) is 196 cm³/mol. The molecule has 53 heavy (non-hydrogen) atoms. The molecule has 2 aliphatic heterocycles. The van der Waals surface area contributed by atoms with Crippen molar-refractivity contribution in [3.8, 4) is 0 Å². The SMILES string of the molecule is CCC[C@H](NC(=O)[C@@H]1C[C@]2(CC(c3cccc(Cl)c3)=NO2)CN1C(=O)[C@@H](NC(=O)CC1CCCCC1)C(C)(C)C)C(=O)C(=O)Nc1ccc(F)c(F)c1. The Morgan fingerprint density at radius 2 is 1.75 bits per heavy atom. The summed E-state index contributed by atoms with van der Waals surface area (Å²) in [5, 5.41) is 12.8. The van der Waals surface area contributed by atoms with Gasteiger partial charge in [0.1, 0.15) is 12.1 Å². The van der Waals surface area contributed by atoms with Crippen molar-refractivity contribution in [2.45, 2.75) is 116 Å². The number of hydrogen-bond donors (Lipinski definition) is 3. The van der Waals surface area contributed by atoms with Crippen LogP contribution in [0.25, 0.3) is 0 Å². The van der Waals surface area contributed by atoms with Crippen LogP contribution in [0.3, 0.4) is 0 Å². The van der Waals surface area contributed by atoms with Gasteiger partial charge in [-0.2, -0.15) is 0 Å². The normalized spacial score (nSPS) is 21.4. The van der Waals surface area contributed by atoms with E-state index in [1.807, 2.05) is 26.8 Å². The van der Waals surface area contributed by atoms with E-state index in [9.17, 15) is 32.8 Å². The molecule has 4 amide bonds. The van der Waals surface area contributed by atoms with E-state index in [0.29, 0.717) is 23.6 Å². The predicted octanol–water partition coefficient (Wildman–Crippen LogP) is 6.08. The minimum atomic E-state index is -1.29. The Hall–Kier alpha value is -4.39. The van der Waals surface area contributed by atoms with Crippen LogP contribution in [0, 0.1) is 23.0 Å². The van der Waals surface area contributed by atoms with E-state index in [4.69, 9.17) is 16.4 Å². The van der Waals surface area contributed by atoms with Gasteiger partial charge in [0.2, 0.25) is 23.5 Å². The van der Waals surface area contributed by atoms with Gasteiger partial charge in [-0.15, -0.1) is 0 Å². The largest absolute Gasteiger partial charge is 0.387 e. The highest BCUT2D eigenvalue weighted by molar-refractivity contribution is 6.42. The fourth-order valence-electron chi connectivity index (χ4n) is 7.39. The van der Waals surface area contributed by atoms with Crippen LogP contribution in [0.5, 0.6) is 0 Å². The Bertz CT molecular complexity index is 1760. The molecule has 2 aromatic carbocycles. The van der Waals surface area contributed by atoms with Gasteiger partial charge in [-0.1, -0.05) is 82.3 Å². The second-order valence-electron chi connectivity index (χ2n) is 15.6. The van der Waals surface area contributed by atoms with Crippen molar-refractivity contribution >= 4 is 52.4 Å². The number of hydrogen-bond acceptors (Lipinski definition) is 7. The Balaban J connectivity index is 1.38. The highest BCUT2D eigenvalue weighted by atomic mass is 35.5. The molecular weight excluding hydrogens is 708 g/mol. The summed E-state index contributed by atoms with van der Waals surface area (Å²) in [4.78, 5) is 76.0. The molecule has 1 aliphatic carbocycles. The highest BCUT2D eigenvalue weighted by Gasteiger charge is 2.55. The van der Waals surface area contributed by atoms with Crippen LogP contribution in [0.15, 0.2) is 47.6 Å². The van der Waals surface area contributed by atoms with Gasteiger partial charge in [0.15, 0.2) is 17.2 Å². The minimum absolute atomic E-state index is 0.0130. The molecule has 4 atom stereocenters. The third-order valence-corrected chi connectivity index (χ3v) is 10.4. The smallest absolute Gasteiger partial charge is 0.293 e. The van der Waals surface area contributed by atoms with Gasteiger partial charge in [0.25, 0.3) is 5.91 Å². The second-order valence-corrected chi connectivity index (χ2v) is 16.0. The second kappa shape index (κ2) is 16.7. The lowest BCUT2D eigenvalue weighted by Gasteiger charge is -2.36. The Morgan fingerprint density at radius 3 is 2.42 bits per heavy atom. The number of likely N-dealkylation sites (tertiary alicyclic amines) is 1. The molecule has 11 nitrogen and oxygen atoms in total. The zero-order valence-corrected chi connectivity index (χ0v) is 31.4. The summed E-state index contributed by atoms with van der Waals surface area (Å²) in [6.07, 6.45) is 6.27. The first kappa shape index (κ1) is 39.8. The molecule has 3 N–H and O–H groups in total. The lowest BCUT2D eigenvalue weighted by molar-refractivity contribution is -0.145. The maximum absolute atomic E-state index is 14.6. The van der Waals surface area contributed by atoms with Crippen molar-refractivity contribution in [1.29, 1.82) is 0 Å². The van der Waals surface area contributed by atoms with Gasteiger partial charge in [0, 0.05) is 41.6 Å². The van der Waals surface area contributed by atoms with Crippen molar-refractivity contribution in [2.75, 3.05) is 11.9 Å². The number of Topliss-reactive ketones (excluding diaryl/α,β-unsaturated/α-hetero) is 1. The number of nitrogens with one attached hydrogen (secondary N) is 3. The summed E-state index contributed by atoms with van der Waals surface area (Å²) >= 11 is 6.24. The first-order chi connectivity index (χ1) is 25.1. The summed E-state index contributed by atoms with van der Waals surface area (Å²) in [5.74, 6) is -5.61.